The van der Waals surface area contributed by atoms with Crippen molar-refractivity contribution in [3.05, 3.63) is 36.4 Å². The average Bonchev–Trinajstić information content (AvgIpc) is 2.72. The summed E-state index contributed by atoms with van der Waals surface area (Å²) >= 11 is 0. The molecular formula is C24H36N6O4. The van der Waals surface area contributed by atoms with Crippen LogP contribution in [0.3, 0.4) is 0 Å². The molecule has 1 aromatic carbocycles. The largest absolute Gasteiger partial charge is 0.444 e. The highest BCUT2D eigenvalue weighted by Crippen LogP contribution is 2.26. The lowest BCUT2D eigenvalue weighted by Crippen LogP contribution is -2.35. The Morgan fingerprint density at radius 3 is 1.82 bits per heavy atom. The summed E-state index contributed by atoms with van der Waals surface area (Å²) < 4.78 is 10.5. The van der Waals surface area contributed by atoms with Crippen LogP contribution in [0.2, 0.25) is 0 Å². The molecule has 0 radical (unpaired) electrons. The summed E-state index contributed by atoms with van der Waals surface area (Å²) in [5.41, 5.74) is 1.27. The zero-order valence-corrected chi connectivity index (χ0v) is 20.8. The summed E-state index contributed by atoms with van der Waals surface area (Å²) in [6, 6.07) is 11.5. The Hall–Kier alpha value is -3.56. The molecular weight excluding hydrogens is 436 g/mol. The molecule has 10 nitrogen and oxygen atoms in total. The number of ether oxygens (including phenoxy) is 2. The summed E-state index contributed by atoms with van der Waals surface area (Å²) in [5, 5.41) is 20.5. The molecule has 2 aromatic rings. The molecule has 4 N–H and O–H groups in total. The lowest BCUT2D eigenvalue weighted by molar-refractivity contribution is 0.0518. The van der Waals surface area contributed by atoms with Gasteiger partial charge < -0.3 is 30.7 Å². The number of carbonyl (C=O) groups is 2. The van der Waals surface area contributed by atoms with E-state index in [1.165, 1.54) is 0 Å². The fourth-order valence-corrected chi connectivity index (χ4v) is 2.77. The lowest BCUT2D eigenvalue weighted by atomic mass is 10.1. The number of anilines is 2. The second-order valence-electron chi connectivity index (χ2n) is 9.57. The Balaban J connectivity index is 1.96. The molecule has 0 fully saturated rings. The summed E-state index contributed by atoms with van der Waals surface area (Å²) in [6.07, 6.45) is -0.940. The Morgan fingerprint density at radius 1 is 0.765 bits per heavy atom. The Labute approximate surface area is 201 Å². The van der Waals surface area contributed by atoms with Crippen LogP contribution in [-0.2, 0) is 9.47 Å². The third-order valence-electron chi connectivity index (χ3n) is 4.05. The molecule has 0 aliphatic rings. The summed E-state index contributed by atoms with van der Waals surface area (Å²) in [4.78, 5) is 23.6. The van der Waals surface area contributed by atoms with Crippen LogP contribution in [0.15, 0.2) is 36.4 Å². The number of aromatic nitrogens is 2. The molecule has 0 atom stereocenters. The molecule has 10 heteroatoms. The van der Waals surface area contributed by atoms with Gasteiger partial charge in [-0.1, -0.05) is 30.3 Å². The fourth-order valence-electron chi connectivity index (χ4n) is 2.77. The minimum atomic E-state index is -0.550. The predicted molar refractivity (Wildman–Crippen MR) is 133 cm³/mol. The SMILES string of the molecule is CC(C)(C)OC(=O)NCCNc1cc(NCCNC(=O)OC(C)(C)C)c(-c2ccccc2)nn1. The summed E-state index contributed by atoms with van der Waals surface area (Å²) in [6.45, 7) is 12.5. The second kappa shape index (κ2) is 12.1. The van der Waals surface area contributed by atoms with Gasteiger partial charge in [-0.3, -0.25) is 0 Å². The Kier molecular flexibility index (Phi) is 9.47. The number of carbonyl (C=O) groups excluding carboxylic acids is 2. The standard InChI is InChI=1S/C24H36N6O4/c1-23(2,3)33-21(31)27-14-12-25-18-16-19(26-13-15-28-22(32)34-24(4,5)6)29-30-20(18)17-10-8-7-9-11-17/h7-11,16H,12-15H2,1-6H3,(H,27,31)(H,28,32)(H2,25,26,29). The van der Waals surface area contributed by atoms with Gasteiger partial charge in [-0.05, 0) is 41.5 Å². The van der Waals surface area contributed by atoms with Crippen molar-refractivity contribution < 1.29 is 19.1 Å². The monoisotopic (exact) mass is 472 g/mol. The fraction of sp³-hybridized carbons (Fsp3) is 0.500. The first-order valence-corrected chi connectivity index (χ1v) is 11.3. The highest BCUT2D eigenvalue weighted by Gasteiger charge is 2.16. The normalized spacial score (nSPS) is 11.4. The second-order valence-corrected chi connectivity index (χ2v) is 9.57. The zero-order chi connectivity index (χ0) is 25.2. The van der Waals surface area contributed by atoms with Crippen molar-refractivity contribution in [1.82, 2.24) is 20.8 Å². The van der Waals surface area contributed by atoms with Crippen molar-refractivity contribution in [3.63, 3.8) is 0 Å². The van der Waals surface area contributed by atoms with Crippen molar-refractivity contribution in [3.8, 4) is 11.3 Å². The summed E-state index contributed by atoms with van der Waals surface area (Å²) in [7, 11) is 0. The molecule has 1 aromatic heterocycles. The van der Waals surface area contributed by atoms with Crippen LogP contribution in [0, 0.1) is 0 Å². The van der Waals surface area contributed by atoms with Crippen LogP contribution in [-0.4, -0.2) is 59.8 Å². The van der Waals surface area contributed by atoms with Gasteiger partial charge in [0.05, 0.1) is 5.69 Å². The van der Waals surface area contributed by atoms with E-state index in [9.17, 15) is 9.59 Å². The quantitative estimate of drug-likeness (QED) is 0.403. The Bertz CT molecular complexity index is 939. The minimum Gasteiger partial charge on any atom is -0.444 e. The molecule has 0 unspecified atom stereocenters. The van der Waals surface area contributed by atoms with Gasteiger partial charge in [0.15, 0.2) is 5.82 Å². The smallest absolute Gasteiger partial charge is 0.407 e. The van der Waals surface area contributed by atoms with Crippen molar-refractivity contribution in [2.75, 3.05) is 36.8 Å². The van der Waals surface area contributed by atoms with Crippen LogP contribution in [0.4, 0.5) is 21.1 Å². The maximum absolute atomic E-state index is 11.9. The molecule has 34 heavy (non-hydrogen) atoms. The van der Waals surface area contributed by atoms with E-state index in [0.29, 0.717) is 37.7 Å². The third kappa shape index (κ3) is 10.4. The van der Waals surface area contributed by atoms with Crippen molar-refractivity contribution in [2.45, 2.75) is 52.7 Å². The first-order valence-electron chi connectivity index (χ1n) is 11.3. The van der Waals surface area contributed by atoms with Gasteiger partial charge in [-0.25, -0.2) is 9.59 Å². The van der Waals surface area contributed by atoms with Gasteiger partial charge >= 0.3 is 12.2 Å². The third-order valence-corrected chi connectivity index (χ3v) is 4.05. The molecule has 0 bridgehead atoms. The van der Waals surface area contributed by atoms with Crippen LogP contribution < -0.4 is 21.3 Å². The maximum Gasteiger partial charge on any atom is 0.407 e. The molecule has 0 aliphatic carbocycles. The predicted octanol–water partition coefficient (Wildman–Crippen LogP) is 4.02. The first-order chi connectivity index (χ1) is 15.9. The van der Waals surface area contributed by atoms with Gasteiger partial charge in [-0.2, -0.15) is 0 Å². The number of amides is 2. The topological polar surface area (TPSA) is 127 Å². The highest BCUT2D eigenvalue weighted by atomic mass is 16.6. The Morgan fingerprint density at radius 2 is 1.29 bits per heavy atom. The van der Waals surface area contributed by atoms with Gasteiger partial charge in [-0.15, -0.1) is 10.2 Å². The van der Waals surface area contributed by atoms with Gasteiger partial charge in [0.2, 0.25) is 0 Å². The van der Waals surface area contributed by atoms with Crippen molar-refractivity contribution in [2.24, 2.45) is 0 Å². The summed E-state index contributed by atoms with van der Waals surface area (Å²) in [5.74, 6) is 0.549. The van der Waals surface area contributed by atoms with E-state index in [2.05, 4.69) is 31.5 Å². The molecule has 0 saturated heterocycles. The number of hydrogen-bond acceptors (Lipinski definition) is 8. The van der Waals surface area contributed by atoms with E-state index in [1.54, 1.807) is 0 Å². The van der Waals surface area contributed by atoms with Crippen LogP contribution in [0.5, 0.6) is 0 Å². The van der Waals surface area contributed by atoms with E-state index < -0.39 is 23.4 Å². The van der Waals surface area contributed by atoms with E-state index in [1.807, 2.05) is 77.9 Å². The average molecular weight is 473 g/mol. The highest BCUT2D eigenvalue weighted by molar-refractivity contribution is 5.75. The molecule has 2 rings (SSSR count). The number of alkyl carbamates (subject to hydrolysis) is 2. The van der Waals surface area contributed by atoms with E-state index in [-0.39, 0.29) is 0 Å². The number of benzene rings is 1. The van der Waals surface area contributed by atoms with Crippen LogP contribution >= 0.6 is 0 Å². The van der Waals surface area contributed by atoms with E-state index in [0.717, 1.165) is 11.3 Å². The maximum atomic E-state index is 11.9. The number of nitrogens with one attached hydrogen (secondary N) is 4. The van der Waals surface area contributed by atoms with Crippen LogP contribution in [0.25, 0.3) is 11.3 Å². The molecule has 0 saturated carbocycles. The van der Waals surface area contributed by atoms with Gasteiger partial charge in [0, 0.05) is 37.8 Å². The minimum absolute atomic E-state index is 0.361. The first kappa shape index (κ1) is 26.7. The number of nitrogens with zero attached hydrogens (tertiary/aromatic N) is 2. The molecule has 186 valence electrons. The molecule has 0 aliphatic heterocycles. The van der Waals surface area contributed by atoms with Crippen molar-refractivity contribution >= 4 is 23.7 Å². The number of hydrogen-bond donors (Lipinski definition) is 4. The molecule has 0 spiro atoms. The van der Waals surface area contributed by atoms with E-state index in [4.69, 9.17) is 9.47 Å². The molecule has 2 amide bonds. The number of rotatable bonds is 9. The lowest BCUT2D eigenvalue weighted by Gasteiger charge is -2.20. The van der Waals surface area contributed by atoms with Gasteiger partial charge in [0.1, 0.15) is 16.9 Å². The van der Waals surface area contributed by atoms with Crippen molar-refractivity contribution in [1.29, 1.82) is 0 Å². The molecule has 1 heterocycles. The zero-order valence-electron chi connectivity index (χ0n) is 20.8. The van der Waals surface area contributed by atoms with E-state index >= 15 is 0 Å². The van der Waals surface area contributed by atoms with Crippen LogP contribution in [0.1, 0.15) is 41.5 Å². The van der Waals surface area contributed by atoms with Gasteiger partial charge in [0.25, 0.3) is 0 Å².